The molecule has 1 aliphatic rings. The minimum absolute atomic E-state index is 0.359. The quantitative estimate of drug-likeness (QED) is 0.859. The fourth-order valence-electron chi connectivity index (χ4n) is 2.93. The number of thiocarbonyl (C=S) groups is 1. The molecule has 0 radical (unpaired) electrons. The first-order chi connectivity index (χ1) is 10.2. The van der Waals surface area contributed by atoms with Crippen molar-refractivity contribution in [3.8, 4) is 0 Å². The van der Waals surface area contributed by atoms with Gasteiger partial charge in [-0.1, -0.05) is 54.2 Å². The van der Waals surface area contributed by atoms with E-state index in [0.717, 1.165) is 37.2 Å². The maximum Gasteiger partial charge on any atom is 0.107 e. The van der Waals surface area contributed by atoms with E-state index in [4.69, 9.17) is 29.6 Å². The van der Waals surface area contributed by atoms with Crippen LogP contribution in [0, 0.1) is 0 Å². The molecule has 0 amide bonds. The molecule has 2 aromatic carbocycles. The van der Waals surface area contributed by atoms with Crippen molar-refractivity contribution in [2.24, 2.45) is 5.73 Å². The van der Waals surface area contributed by atoms with Crippen molar-refractivity contribution in [2.45, 2.75) is 12.8 Å². The number of halogens is 1. The van der Waals surface area contributed by atoms with E-state index in [2.05, 4.69) is 35.2 Å². The van der Waals surface area contributed by atoms with Gasteiger partial charge in [-0.2, -0.15) is 0 Å². The second-order valence-corrected chi connectivity index (χ2v) is 6.10. The van der Waals surface area contributed by atoms with Gasteiger partial charge in [0.05, 0.1) is 10.6 Å². The third-order valence-electron chi connectivity index (χ3n) is 4.00. The zero-order valence-electron chi connectivity index (χ0n) is 11.7. The van der Waals surface area contributed by atoms with Crippen LogP contribution in [0.25, 0.3) is 0 Å². The van der Waals surface area contributed by atoms with Crippen LogP contribution in [0.2, 0.25) is 5.02 Å². The molecular weight excluding hydrogens is 300 g/mol. The zero-order chi connectivity index (χ0) is 14.8. The summed E-state index contributed by atoms with van der Waals surface area (Å²) in [5.74, 6) is 0. The van der Waals surface area contributed by atoms with Crippen LogP contribution in [0.1, 0.15) is 16.7 Å². The molecule has 0 spiro atoms. The average molecular weight is 317 g/mol. The summed E-state index contributed by atoms with van der Waals surface area (Å²) in [6.07, 6.45) is 2.05. The Morgan fingerprint density at radius 3 is 2.19 bits per heavy atom. The smallest absolute Gasteiger partial charge is 0.107 e. The molecule has 2 nitrogen and oxygen atoms in total. The van der Waals surface area contributed by atoms with Gasteiger partial charge >= 0.3 is 0 Å². The summed E-state index contributed by atoms with van der Waals surface area (Å²) in [6, 6.07) is 14.5. The Morgan fingerprint density at radius 1 is 1.00 bits per heavy atom. The molecular formula is C17H17ClN2S. The molecule has 3 rings (SSSR count). The minimum atomic E-state index is 0.359. The van der Waals surface area contributed by atoms with Gasteiger partial charge in [-0.15, -0.1) is 0 Å². The van der Waals surface area contributed by atoms with Crippen LogP contribution >= 0.6 is 23.8 Å². The molecule has 4 heteroatoms. The molecule has 0 aliphatic carbocycles. The normalized spacial score (nSPS) is 14.4. The van der Waals surface area contributed by atoms with Crippen molar-refractivity contribution in [1.82, 2.24) is 0 Å². The first kappa shape index (κ1) is 14.4. The molecule has 1 aliphatic heterocycles. The van der Waals surface area contributed by atoms with Crippen molar-refractivity contribution in [3.05, 3.63) is 64.2 Å². The Hall–Kier alpha value is -1.58. The van der Waals surface area contributed by atoms with E-state index >= 15 is 0 Å². The van der Waals surface area contributed by atoms with E-state index in [1.807, 2.05) is 12.1 Å². The molecule has 0 atom stereocenters. The highest BCUT2D eigenvalue weighted by molar-refractivity contribution is 7.80. The molecule has 0 unspecified atom stereocenters. The fourth-order valence-corrected chi connectivity index (χ4v) is 3.47. The van der Waals surface area contributed by atoms with Gasteiger partial charge in [0.15, 0.2) is 0 Å². The number of hydrogen-bond acceptors (Lipinski definition) is 2. The number of nitrogens with two attached hydrogens (primary N) is 1. The highest BCUT2D eigenvalue weighted by atomic mass is 35.5. The number of nitrogens with zero attached hydrogens (tertiary/aromatic N) is 1. The van der Waals surface area contributed by atoms with Crippen molar-refractivity contribution in [1.29, 1.82) is 0 Å². The summed E-state index contributed by atoms with van der Waals surface area (Å²) in [5.41, 5.74) is 10.6. The van der Waals surface area contributed by atoms with E-state index in [1.165, 1.54) is 11.1 Å². The second-order valence-electron chi connectivity index (χ2n) is 5.25. The van der Waals surface area contributed by atoms with Gasteiger partial charge < -0.3 is 10.6 Å². The Kier molecular flexibility index (Phi) is 4.13. The van der Waals surface area contributed by atoms with E-state index < -0.39 is 0 Å². The van der Waals surface area contributed by atoms with Gasteiger partial charge in [-0.05, 0) is 36.1 Å². The van der Waals surface area contributed by atoms with Crippen LogP contribution < -0.4 is 10.6 Å². The number of benzene rings is 2. The summed E-state index contributed by atoms with van der Waals surface area (Å²) in [4.78, 5) is 2.69. The highest BCUT2D eigenvalue weighted by Gasteiger charge is 2.18. The number of fused-ring (bicyclic) bond motifs is 1. The second kappa shape index (κ2) is 6.04. The predicted molar refractivity (Wildman–Crippen MR) is 93.4 cm³/mol. The van der Waals surface area contributed by atoms with Gasteiger partial charge in [0.2, 0.25) is 0 Å². The number of rotatable bonds is 2. The Balaban J connectivity index is 1.93. The molecule has 21 heavy (non-hydrogen) atoms. The monoisotopic (exact) mass is 316 g/mol. The van der Waals surface area contributed by atoms with E-state index in [0.29, 0.717) is 10.0 Å². The summed E-state index contributed by atoms with van der Waals surface area (Å²) >= 11 is 11.5. The molecule has 0 aromatic heterocycles. The average Bonchev–Trinajstić information content (AvgIpc) is 2.69. The number of anilines is 1. The topological polar surface area (TPSA) is 29.3 Å². The lowest BCUT2D eigenvalue weighted by Gasteiger charge is -2.25. The van der Waals surface area contributed by atoms with Crippen LogP contribution in [0.4, 0.5) is 5.69 Å². The Bertz CT molecular complexity index is 657. The molecule has 0 saturated heterocycles. The predicted octanol–water partition coefficient (Wildman–Crippen LogP) is 3.58. The summed E-state index contributed by atoms with van der Waals surface area (Å²) in [7, 11) is 0. The van der Waals surface area contributed by atoms with Crippen LogP contribution in [0.3, 0.4) is 0 Å². The first-order valence-corrected chi connectivity index (χ1v) is 7.85. The van der Waals surface area contributed by atoms with Crippen molar-refractivity contribution in [2.75, 3.05) is 18.0 Å². The largest absolute Gasteiger partial charge is 0.389 e. The van der Waals surface area contributed by atoms with Crippen molar-refractivity contribution >= 4 is 34.5 Å². The van der Waals surface area contributed by atoms with Gasteiger partial charge in [0.1, 0.15) is 4.99 Å². The maximum atomic E-state index is 6.28. The van der Waals surface area contributed by atoms with Gasteiger partial charge in [-0.25, -0.2) is 0 Å². The Morgan fingerprint density at radius 2 is 1.62 bits per heavy atom. The molecule has 2 aromatic rings. The molecule has 2 N–H and O–H groups in total. The van der Waals surface area contributed by atoms with Crippen LogP contribution in [-0.2, 0) is 12.8 Å². The lowest BCUT2D eigenvalue weighted by molar-refractivity contribution is 0.805. The van der Waals surface area contributed by atoms with Crippen molar-refractivity contribution < 1.29 is 0 Å². The van der Waals surface area contributed by atoms with Crippen LogP contribution in [0.15, 0.2) is 42.5 Å². The third kappa shape index (κ3) is 2.89. The highest BCUT2D eigenvalue weighted by Crippen LogP contribution is 2.29. The third-order valence-corrected chi connectivity index (χ3v) is 4.52. The molecule has 0 fully saturated rings. The standard InChI is InChI=1S/C17H17ClN2S/c18-14-6-3-7-15(16(14)17(19)21)20-10-8-12-4-1-2-5-13(12)9-11-20/h1-7H,8-11H2,(H2,19,21). The summed E-state index contributed by atoms with van der Waals surface area (Å²) in [5, 5.41) is 0.627. The summed E-state index contributed by atoms with van der Waals surface area (Å²) < 4.78 is 0. The van der Waals surface area contributed by atoms with Crippen molar-refractivity contribution in [3.63, 3.8) is 0 Å². The maximum absolute atomic E-state index is 6.28. The van der Waals surface area contributed by atoms with Crippen LogP contribution in [0.5, 0.6) is 0 Å². The zero-order valence-corrected chi connectivity index (χ0v) is 13.3. The summed E-state index contributed by atoms with van der Waals surface area (Å²) in [6.45, 7) is 1.90. The molecule has 108 valence electrons. The van der Waals surface area contributed by atoms with E-state index in [1.54, 1.807) is 0 Å². The van der Waals surface area contributed by atoms with Gasteiger partial charge in [-0.3, -0.25) is 0 Å². The number of hydrogen-bond donors (Lipinski definition) is 1. The lowest BCUT2D eigenvalue weighted by atomic mass is 10.0. The van der Waals surface area contributed by atoms with E-state index in [9.17, 15) is 0 Å². The first-order valence-electron chi connectivity index (χ1n) is 7.07. The lowest BCUT2D eigenvalue weighted by Crippen LogP contribution is -2.28. The van der Waals surface area contributed by atoms with Crippen LogP contribution in [-0.4, -0.2) is 18.1 Å². The fraction of sp³-hybridized carbons (Fsp3) is 0.235. The molecule has 0 bridgehead atoms. The molecule has 0 saturated carbocycles. The SMILES string of the molecule is NC(=S)c1c(Cl)cccc1N1CCc2ccccc2CC1. The van der Waals surface area contributed by atoms with Gasteiger partial charge in [0.25, 0.3) is 0 Å². The van der Waals surface area contributed by atoms with Gasteiger partial charge in [0, 0.05) is 18.8 Å². The van der Waals surface area contributed by atoms with E-state index in [-0.39, 0.29) is 0 Å². The minimum Gasteiger partial charge on any atom is -0.389 e. The molecule has 1 heterocycles. The Labute approximate surface area is 135 Å².